The molecule has 0 aliphatic heterocycles. The molecule has 1 aromatic carbocycles. The Morgan fingerprint density at radius 2 is 1.46 bits per heavy atom. The maximum absolute atomic E-state index is 11.9. The molecule has 0 saturated heterocycles. The molecule has 4 heteroatoms. The lowest BCUT2D eigenvalue weighted by Gasteiger charge is -2.03. The molecule has 1 rings (SSSR count). The minimum atomic E-state index is -0.186. The summed E-state index contributed by atoms with van der Waals surface area (Å²) in [6, 6.07) is 4.79. The molecule has 1 N–H and O–H groups in total. The number of allylic oxidation sites excluding steroid dienone is 3. The Kier molecular flexibility index (Phi) is 20.7. The minimum Gasteiger partial charge on any atom is -0.349 e. The van der Waals surface area contributed by atoms with E-state index >= 15 is 0 Å². The van der Waals surface area contributed by atoms with Crippen molar-refractivity contribution < 1.29 is 4.79 Å². The number of unbranched alkanes of at least 4 members (excludes halogenated alkanes) is 3. The Morgan fingerprint density at radius 3 is 1.89 bits per heavy atom. The average Bonchev–Trinajstić information content (AvgIpc) is 2.70. The molecule has 0 unspecified atom stereocenters. The van der Waals surface area contributed by atoms with Crippen LogP contribution < -0.4 is 5.32 Å². The molecule has 0 heterocycles. The van der Waals surface area contributed by atoms with Crippen molar-refractivity contribution in [1.29, 1.82) is 0 Å². The normalized spacial score (nSPS) is 9.64. The number of carbonyl (C=O) groups excluding carboxylic acids is 1. The Hall–Kier alpha value is -1.51. The Labute approximate surface area is 182 Å². The van der Waals surface area contributed by atoms with Gasteiger partial charge in [0.1, 0.15) is 0 Å². The maximum Gasteiger partial charge on any atom is 0.251 e. The molecular formula is C24H37Cl2NO. The van der Waals surface area contributed by atoms with Gasteiger partial charge in [-0.3, -0.25) is 4.79 Å². The fourth-order valence-electron chi connectivity index (χ4n) is 2.20. The van der Waals surface area contributed by atoms with E-state index < -0.39 is 0 Å². The van der Waals surface area contributed by atoms with Gasteiger partial charge in [-0.1, -0.05) is 100 Å². The molecule has 0 spiro atoms. The van der Waals surface area contributed by atoms with E-state index in [4.69, 9.17) is 23.2 Å². The van der Waals surface area contributed by atoms with Crippen LogP contribution in [0.1, 0.15) is 76.6 Å². The molecule has 0 aliphatic rings. The van der Waals surface area contributed by atoms with Crippen LogP contribution in [0.5, 0.6) is 0 Å². The first-order valence-corrected chi connectivity index (χ1v) is 10.8. The van der Waals surface area contributed by atoms with Crippen molar-refractivity contribution in [1.82, 2.24) is 5.32 Å². The van der Waals surface area contributed by atoms with E-state index in [1.54, 1.807) is 18.2 Å². The second-order valence-corrected chi connectivity index (χ2v) is 6.91. The van der Waals surface area contributed by atoms with Crippen LogP contribution >= 0.6 is 23.2 Å². The van der Waals surface area contributed by atoms with Crippen LogP contribution in [-0.2, 0) is 0 Å². The van der Waals surface area contributed by atoms with Crippen molar-refractivity contribution in [3.63, 3.8) is 0 Å². The molecule has 0 aromatic heterocycles. The van der Waals surface area contributed by atoms with Crippen LogP contribution in [0.2, 0.25) is 10.0 Å². The monoisotopic (exact) mass is 425 g/mol. The number of amides is 1. The number of rotatable bonds is 9. The van der Waals surface area contributed by atoms with E-state index in [0.29, 0.717) is 22.2 Å². The van der Waals surface area contributed by atoms with Crippen LogP contribution in [0.3, 0.4) is 0 Å². The lowest BCUT2D eigenvalue weighted by molar-refractivity contribution is 0.0958. The highest BCUT2D eigenvalue weighted by atomic mass is 35.5. The molecule has 0 fully saturated rings. The van der Waals surface area contributed by atoms with Crippen LogP contribution in [0, 0.1) is 0 Å². The molecule has 1 amide bonds. The zero-order valence-electron chi connectivity index (χ0n) is 18.0. The molecule has 0 bridgehead atoms. The highest BCUT2D eigenvalue weighted by molar-refractivity contribution is 6.35. The van der Waals surface area contributed by atoms with Gasteiger partial charge in [0.25, 0.3) is 5.91 Å². The number of hydrogen-bond donors (Lipinski definition) is 1. The largest absolute Gasteiger partial charge is 0.349 e. The molecular weight excluding hydrogens is 389 g/mol. The van der Waals surface area contributed by atoms with E-state index in [1.165, 1.54) is 31.3 Å². The molecule has 0 aliphatic carbocycles. The summed E-state index contributed by atoms with van der Waals surface area (Å²) in [5, 5.41) is 3.70. The summed E-state index contributed by atoms with van der Waals surface area (Å²) >= 11 is 11.7. The number of benzene rings is 1. The Morgan fingerprint density at radius 1 is 0.964 bits per heavy atom. The zero-order chi connectivity index (χ0) is 21.8. The third kappa shape index (κ3) is 15.5. The van der Waals surface area contributed by atoms with Crippen molar-refractivity contribution in [2.75, 3.05) is 6.54 Å². The van der Waals surface area contributed by atoms with Crippen molar-refractivity contribution >= 4 is 29.1 Å². The van der Waals surface area contributed by atoms with Gasteiger partial charge in [0.05, 0.1) is 0 Å². The lowest BCUT2D eigenvalue weighted by atomic mass is 10.1. The number of carbonyl (C=O) groups is 1. The molecule has 0 saturated carbocycles. The summed E-state index contributed by atoms with van der Waals surface area (Å²) < 4.78 is 0. The summed E-state index contributed by atoms with van der Waals surface area (Å²) in [6.07, 6.45) is 13.6. The van der Waals surface area contributed by atoms with Crippen LogP contribution in [0.15, 0.2) is 55.2 Å². The minimum absolute atomic E-state index is 0.186. The van der Waals surface area contributed by atoms with E-state index in [-0.39, 0.29) is 5.91 Å². The van der Waals surface area contributed by atoms with Crippen LogP contribution in [0.4, 0.5) is 0 Å². The van der Waals surface area contributed by atoms with E-state index in [2.05, 4.69) is 52.2 Å². The highest BCUT2D eigenvalue weighted by Gasteiger charge is 2.06. The van der Waals surface area contributed by atoms with Gasteiger partial charge in [0.15, 0.2) is 0 Å². The molecule has 1 aromatic rings. The predicted octanol–water partition coefficient (Wildman–Crippen LogP) is 8.41. The van der Waals surface area contributed by atoms with Gasteiger partial charge in [0.2, 0.25) is 0 Å². The first kappa shape index (κ1) is 28.7. The zero-order valence-corrected chi connectivity index (χ0v) is 19.5. The summed E-state index contributed by atoms with van der Waals surface area (Å²) in [4.78, 5) is 11.9. The van der Waals surface area contributed by atoms with Crippen molar-refractivity contribution in [3.8, 4) is 0 Å². The second-order valence-electron chi connectivity index (χ2n) is 6.04. The summed E-state index contributed by atoms with van der Waals surface area (Å²) in [6.45, 7) is 15.2. The topological polar surface area (TPSA) is 29.1 Å². The van der Waals surface area contributed by atoms with Crippen molar-refractivity contribution in [3.05, 3.63) is 70.8 Å². The van der Waals surface area contributed by atoms with Crippen LogP contribution in [-0.4, -0.2) is 12.5 Å². The highest BCUT2D eigenvalue weighted by Crippen LogP contribution is 2.18. The smallest absolute Gasteiger partial charge is 0.251 e. The number of halogens is 2. The average molecular weight is 426 g/mol. The van der Waals surface area contributed by atoms with Gasteiger partial charge >= 0.3 is 0 Å². The van der Waals surface area contributed by atoms with Crippen molar-refractivity contribution in [2.45, 2.75) is 66.2 Å². The molecule has 0 atom stereocenters. The van der Waals surface area contributed by atoms with Crippen molar-refractivity contribution in [2.24, 2.45) is 0 Å². The summed E-state index contributed by atoms with van der Waals surface area (Å²) in [5.41, 5.74) is 1.85. The molecule has 28 heavy (non-hydrogen) atoms. The van der Waals surface area contributed by atoms with Gasteiger partial charge in [-0.25, -0.2) is 0 Å². The molecule has 0 radical (unpaired) electrons. The lowest BCUT2D eigenvalue weighted by Crippen LogP contribution is -2.23. The third-order valence-corrected chi connectivity index (χ3v) is 4.28. The second kappa shape index (κ2) is 20.2. The Bertz CT molecular complexity index is 564. The summed E-state index contributed by atoms with van der Waals surface area (Å²) in [7, 11) is 0. The van der Waals surface area contributed by atoms with Gasteiger partial charge < -0.3 is 5.32 Å². The van der Waals surface area contributed by atoms with E-state index in [9.17, 15) is 4.79 Å². The van der Waals surface area contributed by atoms with E-state index in [1.807, 2.05) is 12.2 Å². The first-order valence-electron chi connectivity index (χ1n) is 10.1. The molecule has 158 valence electrons. The standard InChI is InChI=1S/C16H19Cl2NO.C6H14.C2H4/c1-3-12(4-2)7-5-6-8-19-16(20)13-9-14(17)11-15(18)10-13;1-3-5-6-4-2;1-2/h5-7,9-11H,3-4,8H2,1-2H3,(H,19,20);3-6H2,1-2H3;1-2H2/b6-5-;;. The van der Waals surface area contributed by atoms with Gasteiger partial charge in [-0.15, -0.1) is 13.2 Å². The van der Waals surface area contributed by atoms with Gasteiger partial charge in [0, 0.05) is 22.2 Å². The number of nitrogens with one attached hydrogen (secondary N) is 1. The quantitative estimate of drug-likeness (QED) is 0.240. The Balaban J connectivity index is 0. The predicted molar refractivity (Wildman–Crippen MR) is 128 cm³/mol. The van der Waals surface area contributed by atoms with Gasteiger partial charge in [-0.05, 0) is 31.0 Å². The fourth-order valence-corrected chi connectivity index (χ4v) is 2.72. The van der Waals surface area contributed by atoms with Crippen LogP contribution in [0.25, 0.3) is 0 Å². The van der Waals surface area contributed by atoms with Gasteiger partial charge in [-0.2, -0.15) is 0 Å². The third-order valence-electron chi connectivity index (χ3n) is 3.84. The fraction of sp³-hybridized carbons (Fsp3) is 0.458. The van der Waals surface area contributed by atoms with E-state index in [0.717, 1.165) is 12.8 Å². The number of hydrogen-bond acceptors (Lipinski definition) is 1. The SMILES string of the molecule is C=C.CCC(=C/C=C\CNC(=O)c1cc(Cl)cc(Cl)c1)CC.CCCCCC. The summed E-state index contributed by atoms with van der Waals surface area (Å²) in [5.74, 6) is -0.186. The molecule has 2 nitrogen and oxygen atoms in total. The maximum atomic E-state index is 11.9. The first-order chi connectivity index (χ1) is 13.5.